The number of hydrogen-bond acceptors (Lipinski definition) is 2. The Hall–Kier alpha value is -1.02. The average molecular weight is 247 g/mol. The summed E-state index contributed by atoms with van der Waals surface area (Å²) in [7, 11) is 0. The molecule has 0 bridgehead atoms. The van der Waals surface area contributed by atoms with Crippen LogP contribution in [0, 0.1) is 5.92 Å². The summed E-state index contributed by atoms with van der Waals surface area (Å²) in [5.41, 5.74) is 2.76. The van der Waals surface area contributed by atoms with Gasteiger partial charge in [0, 0.05) is 12.5 Å². The number of nitrogens with one attached hydrogen (secondary N) is 1. The molecule has 1 heterocycles. The summed E-state index contributed by atoms with van der Waals surface area (Å²) in [6.45, 7) is 10.9. The monoisotopic (exact) mass is 247 g/mol. The Morgan fingerprint density at radius 3 is 2.72 bits per heavy atom. The molecule has 0 saturated heterocycles. The Kier molecular flexibility index (Phi) is 4.28. The minimum atomic E-state index is 0.532. The standard InChI is InChI=1S/C16H25NO/c1-11(2)17-10-12(3)13(4)15-7-5-6-14-8-9-18-16(14)15/h5-7,11-13,17H,8-10H2,1-4H3. The first-order valence-electron chi connectivity index (χ1n) is 7.07. The summed E-state index contributed by atoms with van der Waals surface area (Å²) in [5.74, 6) is 2.30. The molecule has 0 aliphatic carbocycles. The summed E-state index contributed by atoms with van der Waals surface area (Å²) >= 11 is 0. The predicted octanol–water partition coefficient (Wildman–Crippen LogP) is 3.36. The molecule has 1 aromatic rings. The first kappa shape index (κ1) is 13.4. The van der Waals surface area contributed by atoms with Crippen LogP contribution in [0.25, 0.3) is 0 Å². The fourth-order valence-electron chi connectivity index (χ4n) is 2.50. The quantitative estimate of drug-likeness (QED) is 0.861. The van der Waals surface area contributed by atoms with Gasteiger partial charge >= 0.3 is 0 Å². The van der Waals surface area contributed by atoms with E-state index in [4.69, 9.17) is 4.74 Å². The van der Waals surface area contributed by atoms with E-state index in [0.29, 0.717) is 17.9 Å². The van der Waals surface area contributed by atoms with Gasteiger partial charge in [0.15, 0.2) is 0 Å². The van der Waals surface area contributed by atoms with E-state index in [9.17, 15) is 0 Å². The van der Waals surface area contributed by atoms with E-state index < -0.39 is 0 Å². The molecule has 1 aliphatic rings. The lowest BCUT2D eigenvalue weighted by molar-refractivity contribution is 0.344. The molecular formula is C16H25NO. The van der Waals surface area contributed by atoms with Crippen molar-refractivity contribution in [2.24, 2.45) is 5.92 Å². The van der Waals surface area contributed by atoms with E-state index in [1.54, 1.807) is 0 Å². The average Bonchev–Trinajstić information content (AvgIpc) is 2.82. The molecule has 1 aliphatic heterocycles. The van der Waals surface area contributed by atoms with Gasteiger partial charge in [-0.25, -0.2) is 0 Å². The van der Waals surface area contributed by atoms with Crippen LogP contribution < -0.4 is 10.1 Å². The van der Waals surface area contributed by atoms with Crippen molar-refractivity contribution in [1.29, 1.82) is 0 Å². The number of ether oxygens (including phenoxy) is 1. The second-order valence-electron chi connectivity index (χ2n) is 5.76. The molecule has 0 aromatic heterocycles. The summed E-state index contributed by atoms with van der Waals surface area (Å²) in [4.78, 5) is 0. The maximum absolute atomic E-state index is 5.81. The van der Waals surface area contributed by atoms with Crippen molar-refractivity contribution in [3.8, 4) is 5.75 Å². The lowest BCUT2D eigenvalue weighted by atomic mass is 9.87. The largest absolute Gasteiger partial charge is 0.493 e. The van der Waals surface area contributed by atoms with E-state index in [1.807, 2.05) is 0 Å². The molecule has 1 N–H and O–H groups in total. The third-order valence-corrected chi connectivity index (χ3v) is 3.94. The SMILES string of the molecule is CC(C)NCC(C)C(C)c1cccc2c1OCC2. The Labute approximate surface area is 111 Å². The van der Waals surface area contributed by atoms with Crippen LogP contribution >= 0.6 is 0 Å². The van der Waals surface area contributed by atoms with Crippen LogP contribution in [0.4, 0.5) is 0 Å². The van der Waals surface area contributed by atoms with Crippen molar-refractivity contribution in [2.45, 2.75) is 46.1 Å². The second-order valence-corrected chi connectivity index (χ2v) is 5.76. The molecule has 2 atom stereocenters. The fourth-order valence-corrected chi connectivity index (χ4v) is 2.50. The topological polar surface area (TPSA) is 21.3 Å². The number of fused-ring (bicyclic) bond motifs is 1. The van der Waals surface area contributed by atoms with Gasteiger partial charge < -0.3 is 10.1 Å². The Balaban J connectivity index is 2.09. The lowest BCUT2D eigenvalue weighted by Gasteiger charge is -2.23. The number of rotatable bonds is 5. The molecule has 1 aromatic carbocycles. The van der Waals surface area contributed by atoms with Gasteiger partial charge in [0.1, 0.15) is 5.75 Å². The molecule has 100 valence electrons. The normalized spacial score (nSPS) is 17.4. The predicted molar refractivity (Wildman–Crippen MR) is 76.4 cm³/mol. The number of benzene rings is 1. The van der Waals surface area contributed by atoms with Gasteiger partial charge in [-0.05, 0) is 29.5 Å². The van der Waals surface area contributed by atoms with Crippen LogP contribution in [0.15, 0.2) is 18.2 Å². The van der Waals surface area contributed by atoms with E-state index in [-0.39, 0.29) is 0 Å². The Morgan fingerprint density at radius 1 is 1.22 bits per heavy atom. The van der Waals surface area contributed by atoms with Crippen molar-refractivity contribution < 1.29 is 4.74 Å². The second kappa shape index (κ2) is 5.75. The molecule has 2 unspecified atom stereocenters. The Bertz CT molecular complexity index is 400. The molecule has 0 fully saturated rings. The third-order valence-electron chi connectivity index (χ3n) is 3.94. The Morgan fingerprint density at radius 2 is 2.00 bits per heavy atom. The highest BCUT2D eigenvalue weighted by Crippen LogP contribution is 2.37. The molecule has 2 rings (SSSR count). The zero-order chi connectivity index (χ0) is 13.1. The molecule has 2 heteroatoms. The molecule has 0 saturated carbocycles. The van der Waals surface area contributed by atoms with Crippen molar-refractivity contribution in [3.63, 3.8) is 0 Å². The van der Waals surface area contributed by atoms with E-state index in [1.165, 1.54) is 11.1 Å². The highest BCUT2D eigenvalue weighted by molar-refractivity contribution is 5.45. The van der Waals surface area contributed by atoms with Crippen molar-refractivity contribution >= 4 is 0 Å². The molecule has 2 nitrogen and oxygen atoms in total. The summed E-state index contributed by atoms with van der Waals surface area (Å²) in [6, 6.07) is 7.13. The van der Waals surface area contributed by atoms with Gasteiger partial charge in [0.25, 0.3) is 0 Å². The van der Waals surface area contributed by atoms with E-state index in [2.05, 4.69) is 51.2 Å². The van der Waals surface area contributed by atoms with Crippen LogP contribution in [0.3, 0.4) is 0 Å². The van der Waals surface area contributed by atoms with Crippen molar-refractivity contribution in [2.75, 3.05) is 13.2 Å². The van der Waals surface area contributed by atoms with Crippen molar-refractivity contribution in [3.05, 3.63) is 29.3 Å². The zero-order valence-electron chi connectivity index (χ0n) is 12.0. The van der Waals surface area contributed by atoms with Crippen LogP contribution in [-0.4, -0.2) is 19.2 Å². The summed E-state index contributed by atoms with van der Waals surface area (Å²) < 4.78 is 5.81. The minimum absolute atomic E-state index is 0.532. The molecular weight excluding hydrogens is 222 g/mol. The van der Waals surface area contributed by atoms with Crippen LogP contribution in [0.2, 0.25) is 0 Å². The maximum Gasteiger partial charge on any atom is 0.126 e. The summed E-state index contributed by atoms with van der Waals surface area (Å²) in [5, 5.41) is 3.52. The van der Waals surface area contributed by atoms with Gasteiger partial charge in [0.2, 0.25) is 0 Å². The molecule has 18 heavy (non-hydrogen) atoms. The zero-order valence-corrected chi connectivity index (χ0v) is 12.0. The van der Waals surface area contributed by atoms with Crippen LogP contribution in [0.5, 0.6) is 5.75 Å². The van der Waals surface area contributed by atoms with Gasteiger partial charge in [-0.1, -0.05) is 45.9 Å². The third kappa shape index (κ3) is 2.86. The van der Waals surface area contributed by atoms with E-state index in [0.717, 1.165) is 25.3 Å². The lowest BCUT2D eigenvalue weighted by Crippen LogP contribution is -2.29. The number of hydrogen-bond donors (Lipinski definition) is 1. The smallest absolute Gasteiger partial charge is 0.126 e. The first-order valence-corrected chi connectivity index (χ1v) is 7.07. The van der Waals surface area contributed by atoms with Gasteiger partial charge in [0.05, 0.1) is 6.61 Å². The molecule has 0 radical (unpaired) electrons. The number of para-hydroxylation sites is 1. The highest BCUT2D eigenvalue weighted by Gasteiger charge is 2.22. The van der Waals surface area contributed by atoms with Crippen molar-refractivity contribution in [1.82, 2.24) is 5.32 Å². The van der Waals surface area contributed by atoms with Gasteiger partial charge in [-0.15, -0.1) is 0 Å². The molecule has 0 spiro atoms. The van der Waals surface area contributed by atoms with Gasteiger partial charge in [-0.2, -0.15) is 0 Å². The van der Waals surface area contributed by atoms with Crippen LogP contribution in [0.1, 0.15) is 44.7 Å². The molecule has 0 amide bonds. The highest BCUT2D eigenvalue weighted by atomic mass is 16.5. The van der Waals surface area contributed by atoms with Gasteiger partial charge in [-0.3, -0.25) is 0 Å². The van der Waals surface area contributed by atoms with Crippen LogP contribution in [-0.2, 0) is 6.42 Å². The first-order chi connectivity index (χ1) is 8.59. The summed E-state index contributed by atoms with van der Waals surface area (Å²) in [6.07, 6.45) is 1.06. The minimum Gasteiger partial charge on any atom is -0.493 e. The van der Waals surface area contributed by atoms with E-state index >= 15 is 0 Å². The maximum atomic E-state index is 5.81. The fraction of sp³-hybridized carbons (Fsp3) is 0.625.